The molecule has 0 bridgehead atoms. The highest BCUT2D eigenvalue weighted by molar-refractivity contribution is 6.21. The Morgan fingerprint density at radius 1 is 0.180 bits per heavy atom. The minimum atomic E-state index is 0.520. The standard InChI is InChI=1S/2C44H28N6/c1-4-15-29(16-5-1)42-46-43(30-17-6-2-7-18-30)48-44(47-42)36-23-14-26-41(45-36)50-38-25-13-11-22-33(38)35-27-34-32-21-10-12-24-37(32)49(39(34)28-40(35)50)31-19-8-3-9-20-31;1-4-14-29(15-5-1)42-46-43(30-16-6-2-7-17-30)48-44(47-42)31-24-25-45-41(26-31)50-38-23-13-11-21-34(38)36-27-35-33-20-10-12-22-37(33)49(39(35)28-40(36)50)32-18-8-3-9-19-32/h2*1-28H. The maximum Gasteiger partial charge on any atom is 0.182 e. The van der Waals surface area contributed by atoms with Crippen LogP contribution in [0.1, 0.15) is 0 Å². The van der Waals surface area contributed by atoms with E-state index in [2.05, 4.69) is 212 Å². The van der Waals surface area contributed by atoms with E-state index < -0.39 is 0 Å². The summed E-state index contributed by atoms with van der Waals surface area (Å²) in [6.07, 6.45) is 1.85. The first kappa shape index (κ1) is 57.6. The lowest BCUT2D eigenvalue weighted by Gasteiger charge is -2.11. The average Bonchev–Trinajstić information content (AvgIpc) is 1.56. The van der Waals surface area contributed by atoms with Crippen LogP contribution in [0.5, 0.6) is 0 Å². The fraction of sp³-hybridized carbons (Fsp3) is 0. The number of fused-ring (bicyclic) bond motifs is 12. The van der Waals surface area contributed by atoms with Crippen LogP contribution in [0.2, 0.25) is 0 Å². The number of para-hydroxylation sites is 6. The lowest BCUT2D eigenvalue weighted by molar-refractivity contribution is 1.03. The van der Waals surface area contributed by atoms with Crippen molar-refractivity contribution in [3.63, 3.8) is 0 Å². The number of nitrogens with zero attached hydrogens (tertiary/aromatic N) is 12. The Kier molecular flexibility index (Phi) is 13.9. The monoisotopic (exact) mass is 1280 g/mol. The summed E-state index contributed by atoms with van der Waals surface area (Å²) in [5, 5.41) is 9.58. The summed E-state index contributed by atoms with van der Waals surface area (Å²) in [6.45, 7) is 0. The Hall–Kier alpha value is -13.8. The van der Waals surface area contributed by atoms with Gasteiger partial charge in [-0.15, -0.1) is 0 Å². The summed E-state index contributed by atoms with van der Waals surface area (Å²) in [5.41, 5.74) is 16.4. The Balaban J connectivity index is 0.000000139. The van der Waals surface area contributed by atoms with E-state index in [1.807, 2.05) is 146 Å². The summed E-state index contributed by atoms with van der Waals surface area (Å²) in [5.74, 6) is 5.16. The molecule has 12 aromatic carbocycles. The van der Waals surface area contributed by atoms with Crippen molar-refractivity contribution in [1.82, 2.24) is 58.1 Å². The number of hydrogen-bond donors (Lipinski definition) is 0. The van der Waals surface area contributed by atoms with Crippen LogP contribution in [-0.2, 0) is 0 Å². The van der Waals surface area contributed by atoms with Gasteiger partial charge in [-0.3, -0.25) is 9.13 Å². The Labute approximate surface area is 573 Å². The van der Waals surface area contributed by atoms with Gasteiger partial charge in [-0.1, -0.05) is 237 Å². The van der Waals surface area contributed by atoms with Gasteiger partial charge in [0.25, 0.3) is 0 Å². The second-order valence-electron chi connectivity index (χ2n) is 24.7. The third kappa shape index (κ3) is 9.92. The predicted octanol–water partition coefficient (Wildman–Crippen LogP) is 20.9. The van der Waals surface area contributed by atoms with Crippen molar-refractivity contribution in [2.24, 2.45) is 0 Å². The molecule has 0 spiro atoms. The van der Waals surface area contributed by atoms with Crippen molar-refractivity contribution >= 4 is 87.2 Å². The third-order valence-corrected chi connectivity index (χ3v) is 18.8. The first-order valence-electron chi connectivity index (χ1n) is 33.3. The van der Waals surface area contributed by atoms with Crippen LogP contribution in [0.3, 0.4) is 0 Å². The zero-order valence-electron chi connectivity index (χ0n) is 53.7. The molecule has 20 aromatic rings. The van der Waals surface area contributed by atoms with Gasteiger partial charge in [0.15, 0.2) is 34.9 Å². The zero-order chi connectivity index (χ0) is 66.0. The minimum absolute atomic E-state index is 0.520. The van der Waals surface area contributed by atoms with Crippen LogP contribution in [0.4, 0.5) is 0 Å². The van der Waals surface area contributed by atoms with Crippen LogP contribution in [0.15, 0.2) is 340 Å². The lowest BCUT2D eigenvalue weighted by Crippen LogP contribution is -2.03. The SMILES string of the molecule is c1ccc(-c2nc(-c3ccccc3)nc(-c3cccc(-n4c5ccccc5c5cc6c7ccccc7n(-c7ccccc7)c6cc54)n3)n2)cc1.c1ccc(-c2nc(-c3ccccc3)nc(-c3ccnc(-n4c5ccccc5c5cc6c7ccccc7n(-c7ccccc7)c6cc54)c3)n2)cc1. The molecule has 0 amide bonds. The quantitative estimate of drug-likeness (QED) is 0.133. The molecular weight excluding hydrogens is 1230 g/mol. The second kappa shape index (κ2) is 24.1. The third-order valence-electron chi connectivity index (χ3n) is 18.8. The topological polar surface area (TPSA) is 123 Å². The highest BCUT2D eigenvalue weighted by Crippen LogP contribution is 2.42. The molecular formula is C88H56N12. The Morgan fingerprint density at radius 2 is 0.490 bits per heavy atom. The molecule has 20 rings (SSSR count). The van der Waals surface area contributed by atoms with Crippen molar-refractivity contribution < 1.29 is 0 Å². The smallest absolute Gasteiger partial charge is 0.182 e. The summed E-state index contributed by atoms with van der Waals surface area (Å²) < 4.78 is 9.24. The van der Waals surface area contributed by atoms with E-state index in [0.717, 1.165) is 83.9 Å². The van der Waals surface area contributed by atoms with Crippen molar-refractivity contribution in [3.8, 4) is 91.5 Å². The molecule has 8 aromatic heterocycles. The van der Waals surface area contributed by atoms with E-state index in [0.29, 0.717) is 40.6 Å². The molecule has 0 aliphatic rings. The molecule has 0 radical (unpaired) electrons. The minimum Gasteiger partial charge on any atom is -0.309 e. The lowest BCUT2D eigenvalue weighted by atomic mass is 10.1. The fourth-order valence-corrected chi connectivity index (χ4v) is 14.3. The predicted molar refractivity (Wildman–Crippen MR) is 405 cm³/mol. The summed E-state index contributed by atoms with van der Waals surface area (Å²) in [4.78, 5) is 39.9. The van der Waals surface area contributed by atoms with Gasteiger partial charge in [-0.05, 0) is 97.1 Å². The number of benzene rings is 12. The molecule has 0 aliphatic carbocycles. The van der Waals surface area contributed by atoms with E-state index in [1.54, 1.807) is 0 Å². The molecule has 0 fully saturated rings. The largest absolute Gasteiger partial charge is 0.309 e. The molecule has 12 heteroatoms. The van der Waals surface area contributed by atoms with E-state index in [9.17, 15) is 0 Å². The average molecular weight is 1280 g/mol. The van der Waals surface area contributed by atoms with Crippen molar-refractivity contribution in [1.29, 1.82) is 0 Å². The van der Waals surface area contributed by atoms with Gasteiger partial charge in [0.2, 0.25) is 0 Å². The fourth-order valence-electron chi connectivity index (χ4n) is 14.3. The molecule has 0 saturated heterocycles. The molecule has 0 unspecified atom stereocenters. The second-order valence-corrected chi connectivity index (χ2v) is 24.7. The summed E-state index contributed by atoms with van der Waals surface area (Å²) >= 11 is 0. The van der Waals surface area contributed by atoms with Crippen molar-refractivity contribution in [2.75, 3.05) is 0 Å². The molecule has 0 atom stereocenters. The van der Waals surface area contributed by atoms with E-state index >= 15 is 0 Å². The van der Waals surface area contributed by atoms with Gasteiger partial charge in [-0.2, -0.15) is 0 Å². The Bertz CT molecular complexity index is 5990. The Morgan fingerprint density at radius 3 is 0.880 bits per heavy atom. The maximum atomic E-state index is 5.26. The summed E-state index contributed by atoms with van der Waals surface area (Å²) in [7, 11) is 0. The van der Waals surface area contributed by atoms with Crippen LogP contribution in [0.25, 0.3) is 179 Å². The normalized spacial score (nSPS) is 11.6. The number of hydrogen-bond acceptors (Lipinski definition) is 8. The van der Waals surface area contributed by atoms with Gasteiger partial charge < -0.3 is 9.13 Å². The van der Waals surface area contributed by atoms with Crippen molar-refractivity contribution in [3.05, 3.63) is 340 Å². The van der Waals surface area contributed by atoms with Crippen LogP contribution >= 0.6 is 0 Å². The number of pyridine rings is 2. The van der Waals surface area contributed by atoms with Crippen LogP contribution in [-0.4, -0.2) is 58.1 Å². The summed E-state index contributed by atoms with van der Waals surface area (Å²) in [6, 6.07) is 115. The van der Waals surface area contributed by atoms with Gasteiger partial charge in [0.1, 0.15) is 17.3 Å². The molecule has 100 heavy (non-hydrogen) atoms. The highest BCUT2D eigenvalue weighted by atomic mass is 15.1. The molecule has 12 nitrogen and oxygen atoms in total. The molecule has 0 saturated carbocycles. The van der Waals surface area contributed by atoms with Crippen molar-refractivity contribution in [2.45, 2.75) is 0 Å². The number of aromatic nitrogens is 12. The molecule has 0 N–H and O–H groups in total. The van der Waals surface area contributed by atoms with Gasteiger partial charge in [-0.25, -0.2) is 39.9 Å². The molecule has 0 aliphatic heterocycles. The highest BCUT2D eigenvalue weighted by Gasteiger charge is 2.23. The van der Waals surface area contributed by atoms with E-state index in [4.69, 9.17) is 39.9 Å². The van der Waals surface area contributed by atoms with Gasteiger partial charge in [0, 0.05) is 88.5 Å². The van der Waals surface area contributed by atoms with Gasteiger partial charge >= 0.3 is 0 Å². The zero-order valence-corrected chi connectivity index (χ0v) is 53.7. The van der Waals surface area contributed by atoms with E-state index in [-0.39, 0.29) is 0 Å². The van der Waals surface area contributed by atoms with E-state index in [1.165, 1.54) is 54.1 Å². The maximum absolute atomic E-state index is 5.26. The van der Waals surface area contributed by atoms with Crippen LogP contribution in [0, 0.1) is 0 Å². The molecule has 468 valence electrons. The first-order chi connectivity index (χ1) is 49.6. The van der Waals surface area contributed by atoms with Gasteiger partial charge in [0.05, 0.1) is 44.1 Å². The number of rotatable bonds is 10. The molecule has 8 heterocycles. The first-order valence-corrected chi connectivity index (χ1v) is 33.3. The van der Waals surface area contributed by atoms with Crippen LogP contribution < -0.4 is 0 Å².